The zero-order chi connectivity index (χ0) is 22.6. The lowest BCUT2D eigenvalue weighted by Crippen LogP contribution is -2.38. The lowest BCUT2D eigenvalue weighted by molar-refractivity contribution is -0.274. The zero-order valence-electron chi connectivity index (χ0n) is 17.0. The predicted octanol–water partition coefficient (Wildman–Crippen LogP) is 5.24. The van der Waals surface area contributed by atoms with Gasteiger partial charge in [0.05, 0.1) is 23.8 Å². The van der Waals surface area contributed by atoms with Crippen molar-refractivity contribution in [3.63, 3.8) is 0 Å². The maximum atomic E-state index is 12.3. The first-order valence-corrected chi connectivity index (χ1v) is 10.4. The number of rotatable bonds is 7. The van der Waals surface area contributed by atoms with Gasteiger partial charge in [0.25, 0.3) is 0 Å². The first-order valence-electron chi connectivity index (χ1n) is 10.0. The summed E-state index contributed by atoms with van der Waals surface area (Å²) in [5.74, 6) is 0.877. The van der Waals surface area contributed by atoms with Gasteiger partial charge in [-0.1, -0.05) is 11.6 Å². The van der Waals surface area contributed by atoms with Crippen molar-refractivity contribution in [1.29, 1.82) is 0 Å². The van der Waals surface area contributed by atoms with E-state index in [9.17, 15) is 13.2 Å². The fourth-order valence-corrected chi connectivity index (χ4v) is 3.58. The van der Waals surface area contributed by atoms with Gasteiger partial charge in [0.15, 0.2) is 0 Å². The Kier molecular flexibility index (Phi) is 6.88. The number of benzene rings is 2. The average Bonchev–Trinajstić information content (AvgIpc) is 2.75. The van der Waals surface area contributed by atoms with Crippen LogP contribution in [-0.2, 0) is 4.74 Å². The molecule has 1 aromatic heterocycles. The minimum absolute atomic E-state index is 0.293. The van der Waals surface area contributed by atoms with E-state index in [0.29, 0.717) is 34.4 Å². The molecule has 10 heteroatoms. The summed E-state index contributed by atoms with van der Waals surface area (Å²) in [6, 6.07) is 12.6. The maximum Gasteiger partial charge on any atom is 0.573 e. The number of alkyl halides is 3. The second kappa shape index (κ2) is 9.81. The number of nitrogens with zero attached hydrogens (tertiary/aromatic N) is 2. The molecule has 1 N–H and O–H groups in total. The Balaban J connectivity index is 1.40. The van der Waals surface area contributed by atoms with Crippen LogP contribution in [0.2, 0.25) is 5.02 Å². The topological polar surface area (TPSA) is 55.8 Å². The SMILES string of the molecule is FC(F)(F)Oc1ccc(Nc2ccc3cc(OCCN4CCOCC4)cc(Cl)c3n2)cc1. The van der Waals surface area contributed by atoms with Crippen molar-refractivity contribution in [3.05, 3.63) is 53.6 Å². The lowest BCUT2D eigenvalue weighted by Gasteiger charge is -2.26. The van der Waals surface area contributed by atoms with Crippen molar-refractivity contribution < 1.29 is 27.4 Å². The third kappa shape index (κ3) is 6.15. The number of nitrogens with one attached hydrogen (secondary N) is 1. The first kappa shape index (κ1) is 22.4. The van der Waals surface area contributed by atoms with Crippen molar-refractivity contribution in [2.24, 2.45) is 0 Å². The molecule has 0 amide bonds. The molecule has 4 rings (SSSR count). The Hall–Kier alpha value is -2.75. The summed E-state index contributed by atoms with van der Waals surface area (Å²) >= 11 is 6.43. The van der Waals surface area contributed by atoms with Crippen molar-refractivity contribution in [2.45, 2.75) is 6.36 Å². The fraction of sp³-hybridized carbons (Fsp3) is 0.318. The van der Waals surface area contributed by atoms with E-state index >= 15 is 0 Å². The van der Waals surface area contributed by atoms with E-state index in [4.69, 9.17) is 21.1 Å². The number of anilines is 2. The van der Waals surface area contributed by atoms with Crippen LogP contribution >= 0.6 is 11.6 Å². The van der Waals surface area contributed by atoms with Crippen molar-refractivity contribution in [2.75, 3.05) is 44.8 Å². The van der Waals surface area contributed by atoms with Gasteiger partial charge in [-0.3, -0.25) is 4.90 Å². The van der Waals surface area contributed by atoms with Crippen molar-refractivity contribution in [1.82, 2.24) is 9.88 Å². The third-order valence-corrected chi connectivity index (χ3v) is 5.15. The number of aromatic nitrogens is 1. The van der Waals surface area contributed by atoms with Gasteiger partial charge in [-0.2, -0.15) is 0 Å². The number of ether oxygens (including phenoxy) is 3. The van der Waals surface area contributed by atoms with Crippen LogP contribution in [0.4, 0.5) is 24.7 Å². The highest BCUT2D eigenvalue weighted by molar-refractivity contribution is 6.35. The van der Waals surface area contributed by atoms with Gasteiger partial charge < -0.3 is 19.5 Å². The van der Waals surface area contributed by atoms with Crippen LogP contribution in [0, 0.1) is 0 Å². The van der Waals surface area contributed by atoms with E-state index in [1.54, 1.807) is 12.1 Å². The Morgan fingerprint density at radius 3 is 2.50 bits per heavy atom. The molecule has 2 aromatic carbocycles. The van der Waals surface area contributed by atoms with Crippen LogP contribution in [0.15, 0.2) is 48.5 Å². The molecule has 170 valence electrons. The van der Waals surface area contributed by atoms with Gasteiger partial charge in [-0.25, -0.2) is 4.98 Å². The minimum Gasteiger partial charge on any atom is -0.492 e. The molecule has 6 nitrogen and oxygen atoms in total. The normalized spacial score (nSPS) is 15.0. The molecule has 0 aliphatic carbocycles. The highest BCUT2D eigenvalue weighted by Crippen LogP contribution is 2.30. The van der Waals surface area contributed by atoms with Crippen LogP contribution < -0.4 is 14.8 Å². The van der Waals surface area contributed by atoms with Gasteiger partial charge >= 0.3 is 6.36 Å². The third-order valence-electron chi connectivity index (χ3n) is 4.86. The molecule has 0 atom stereocenters. The second-order valence-electron chi connectivity index (χ2n) is 7.17. The summed E-state index contributed by atoms with van der Waals surface area (Å²) in [6.07, 6.45) is -4.73. The molecule has 1 aliphatic rings. The summed E-state index contributed by atoms with van der Waals surface area (Å²) in [7, 11) is 0. The lowest BCUT2D eigenvalue weighted by atomic mass is 10.2. The highest BCUT2D eigenvalue weighted by Gasteiger charge is 2.30. The molecule has 1 fully saturated rings. The van der Waals surface area contributed by atoms with Crippen LogP contribution in [0.1, 0.15) is 0 Å². The molecule has 3 aromatic rings. The molecule has 2 heterocycles. The monoisotopic (exact) mass is 467 g/mol. The summed E-state index contributed by atoms with van der Waals surface area (Å²) in [5, 5.41) is 4.31. The Bertz CT molecular complexity index is 1060. The van der Waals surface area contributed by atoms with E-state index in [-0.39, 0.29) is 5.75 Å². The molecule has 1 saturated heterocycles. The number of hydrogen-bond donors (Lipinski definition) is 1. The van der Waals surface area contributed by atoms with Crippen molar-refractivity contribution >= 4 is 34.0 Å². The fourth-order valence-electron chi connectivity index (χ4n) is 3.32. The number of pyridine rings is 1. The standard InChI is InChI=1S/C22H21ClF3N3O3/c23-19-14-18(31-12-9-29-7-10-30-11-8-29)13-15-1-6-20(28-21(15)19)27-16-2-4-17(5-3-16)32-22(24,25)26/h1-6,13-14H,7-12H2,(H,27,28). The molecule has 0 spiro atoms. The van der Waals surface area contributed by atoms with E-state index < -0.39 is 6.36 Å². The molecule has 0 saturated carbocycles. The quantitative estimate of drug-likeness (QED) is 0.513. The van der Waals surface area contributed by atoms with Crippen LogP contribution in [0.3, 0.4) is 0 Å². The zero-order valence-corrected chi connectivity index (χ0v) is 17.7. The maximum absolute atomic E-state index is 12.3. The molecule has 0 bridgehead atoms. The molecular formula is C22H21ClF3N3O3. The number of morpholine rings is 1. The molecule has 1 aliphatic heterocycles. The predicted molar refractivity (Wildman–Crippen MR) is 116 cm³/mol. The summed E-state index contributed by atoms with van der Waals surface area (Å²) in [4.78, 5) is 6.80. The summed E-state index contributed by atoms with van der Waals surface area (Å²) in [6.45, 7) is 4.65. The first-order chi connectivity index (χ1) is 15.4. The van der Waals surface area contributed by atoms with Crippen LogP contribution in [-0.4, -0.2) is 55.7 Å². The summed E-state index contributed by atoms with van der Waals surface area (Å²) in [5.41, 5.74) is 1.15. The smallest absolute Gasteiger partial charge is 0.492 e. The van der Waals surface area contributed by atoms with Crippen LogP contribution in [0.5, 0.6) is 11.5 Å². The largest absolute Gasteiger partial charge is 0.573 e. The minimum atomic E-state index is -4.73. The van der Waals surface area contributed by atoms with Gasteiger partial charge in [0, 0.05) is 36.8 Å². The van der Waals surface area contributed by atoms with E-state index in [2.05, 4.69) is 19.9 Å². The molecular weight excluding hydrogens is 447 g/mol. The Labute approximate surface area is 187 Å². The van der Waals surface area contributed by atoms with Gasteiger partial charge in [0.1, 0.15) is 23.9 Å². The summed E-state index contributed by atoms with van der Waals surface area (Å²) < 4.78 is 51.9. The Morgan fingerprint density at radius 1 is 1.03 bits per heavy atom. The number of hydrogen-bond acceptors (Lipinski definition) is 6. The molecule has 32 heavy (non-hydrogen) atoms. The van der Waals surface area contributed by atoms with Crippen molar-refractivity contribution in [3.8, 4) is 11.5 Å². The Morgan fingerprint density at radius 2 is 1.78 bits per heavy atom. The number of fused-ring (bicyclic) bond motifs is 1. The van der Waals surface area contributed by atoms with Gasteiger partial charge in [0.2, 0.25) is 0 Å². The van der Waals surface area contributed by atoms with E-state index in [1.807, 2.05) is 12.1 Å². The highest BCUT2D eigenvalue weighted by atomic mass is 35.5. The van der Waals surface area contributed by atoms with E-state index in [1.165, 1.54) is 24.3 Å². The number of halogens is 4. The second-order valence-corrected chi connectivity index (χ2v) is 7.58. The van der Waals surface area contributed by atoms with E-state index in [0.717, 1.165) is 38.2 Å². The van der Waals surface area contributed by atoms with Crippen LogP contribution in [0.25, 0.3) is 10.9 Å². The molecule has 0 unspecified atom stereocenters. The van der Waals surface area contributed by atoms with Gasteiger partial charge in [-0.15, -0.1) is 13.2 Å². The molecule has 0 radical (unpaired) electrons. The average molecular weight is 468 g/mol. The van der Waals surface area contributed by atoms with Gasteiger partial charge in [-0.05, 0) is 42.5 Å².